The number of nitrogens with zero attached hydrogens (tertiary/aromatic N) is 1. The summed E-state index contributed by atoms with van der Waals surface area (Å²) in [6.07, 6.45) is 0.694. The molecule has 4 rings (SSSR count). The van der Waals surface area contributed by atoms with E-state index in [1.807, 2.05) is 55.5 Å². The van der Waals surface area contributed by atoms with Crippen molar-refractivity contribution >= 4 is 21.6 Å². The molecule has 0 fully saturated rings. The number of benzene rings is 3. The molecule has 1 unspecified atom stereocenters. The van der Waals surface area contributed by atoms with Crippen LogP contribution >= 0.6 is 0 Å². The van der Waals surface area contributed by atoms with E-state index in [9.17, 15) is 13.2 Å². The van der Waals surface area contributed by atoms with Crippen LogP contribution < -0.4 is 19.1 Å². The zero-order valence-electron chi connectivity index (χ0n) is 19.4. The van der Waals surface area contributed by atoms with Crippen molar-refractivity contribution in [2.45, 2.75) is 31.2 Å². The van der Waals surface area contributed by atoms with E-state index >= 15 is 0 Å². The number of carbonyl (C=O) groups excluding carboxylic acids is 1. The lowest BCUT2D eigenvalue weighted by Gasteiger charge is -2.20. The van der Waals surface area contributed by atoms with Crippen molar-refractivity contribution in [2.75, 3.05) is 24.6 Å². The highest BCUT2D eigenvalue weighted by Gasteiger charge is 2.30. The number of hydrogen-bond acceptors (Lipinski definition) is 5. The lowest BCUT2D eigenvalue weighted by Crippen LogP contribution is -2.31. The zero-order chi connectivity index (χ0) is 24.3. The molecule has 0 saturated carbocycles. The fraction of sp³-hybridized carbons (Fsp3) is 0.269. The fourth-order valence-electron chi connectivity index (χ4n) is 4.03. The van der Waals surface area contributed by atoms with Crippen molar-refractivity contribution in [3.8, 4) is 11.5 Å². The summed E-state index contributed by atoms with van der Waals surface area (Å²) in [7, 11) is -2.08. The minimum absolute atomic E-state index is 0.174. The number of sulfonamides is 1. The SMILES string of the molecule is COc1ccc(C(C)NC(=O)COc2ccc(S(=O)(=O)N3CCc4ccccc43)cc2C)cc1. The molecule has 1 aliphatic rings. The number of aryl methyl sites for hydroxylation is 1. The summed E-state index contributed by atoms with van der Waals surface area (Å²) in [6, 6.07) is 19.5. The van der Waals surface area contributed by atoms with E-state index in [1.165, 1.54) is 10.4 Å². The molecule has 1 N–H and O–H groups in total. The van der Waals surface area contributed by atoms with Gasteiger partial charge in [-0.1, -0.05) is 30.3 Å². The van der Waals surface area contributed by atoms with E-state index in [-0.39, 0.29) is 23.5 Å². The van der Waals surface area contributed by atoms with E-state index in [0.717, 1.165) is 22.6 Å². The second kappa shape index (κ2) is 9.77. The van der Waals surface area contributed by atoms with Crippen molar-refractivity contribution in [3.05, 3.63) is 83.4 Å². The molecule has 8 heteroatoms. The number of anilines is 1. The molecule has 1 amide bonds. The van der Waals surface area contributed by atoms with Gasteiger partial charge in [-0.25, -0.2) is 8.42 Å². The number of nitrogens with one attached hydrogen (secondary N) is 1. The number of ether oxygens (including phenoxy) is 2. The number of fused-ring (bicyclic) bond motifs is 1. The molecule has 1 heterocycles. The van der Waals surface area contributed by atoms with Gasteiger partial charge >= 0.3 is 0 Å². The molecular weight excluding hydrogens is 452 g/mol. The third-order valence-electron chi connectivity index (χ3n) is 5.93. The van der Waals surface area contributed by atoms with Crippen molar-refractivity contribution in [3.63, 3.8) is 0 Å². The number of rotatable bonds is 8. The molecule has 0 saturated heterocycles. The van der Waals surface area contributed by atoms with Crippen LogP contribution in [0.15, 0.2) is 71.6 Å². The Morgan fingerprint density at radius 1 is 1.09 bits per heavy atom. The summed E-state index contributed by atoms with van der Waals surface area (Å²) < 4.78 is 38.8. The first-order chi connectivity index (χ1) is 16.3. The summed E-state index contributed by atoms with van der Waals surface area (Å²) >= 11 is 0. The maximum absolute atomic E-state index is 13.2. The Balaban J connectivity index is 1.39. The van der Waals surface area contributed by atoms with Crippen molar-refractivity contribution < 1.29 is 22.7 Å². The number of carbonyl (C=O) groups is 1. The molecule has 7 nitrogen and oxygen atoms in total. The average molecular weight is 481 g/mol. The first kappa shape index (κ1) is 23.6. The van der Waals surface area contributed by atoms with Crippen molar-refractivity contribution in [1.82, 2.24) is 5.32 Å². The van der Waals surface area contributed by atoms with Crippen LogP contribution in [-0.2, 0) is 21.2 Å². The molecule has 178 valence electrons. The molecule has 3 aromatic rings. The average Bonchev–Trinajstić information content (AvgIpc) is 3.28. The van der Waals surface area contributed by atoms with E-state index in [4.69, 9.17) is 9.47 Å². The molecular formula is C26H28N2O5S. The van der Waals surface area contributed by atoms with Crippen LogP contribution in [0.2, 0.25) is 0 Å². The van der Waals surface area contributed by atoms with E-state index in [1.54, 1.807) is 26.2 Å². The Hall–Kier alpha value is -3.52. The molecule has 1 atom stereocenters. The molecule has 3 aromatic carbocycles. The maximum atomic E-state index is 13.2. The van der Waals surface area contributed by atoms with Crippen LogP contribution in [0.5, 0.6) is 11.5 Å². The molecule has 0 aliphatic carbocycles. The first-order valence-corrected chi connectivity index (χ1v) is 12.5. The zero-order valence-corrected chi connectivity index (χ0v) is 20.3. The first-order valence-electron chi connectivity index (χ1n) is 11.1. The summed E-state index contributed by atoms with van der Waals surface area (Å²) in [6.45, 7) is 3.91. The van der Waals surface area contributed by atoms with Crippen LogP contribution in [0.25, 0.3) is 0 Å². The summed E-state index contributed by atoms with van der Waals surface area (Å²) in [5, 5.41) is 2.90. The van der Waals surface area contributed by atoms with Crippen LogP contribution in [0.1, 0.15) is 29.7 Å². The monoisotopic (exact) mass is 480 g/mol. The van der Waals surface area contributed by atoms with Crippen LogP contribution in [0, 0.1) is 6.92 Å². The highest BCUT2D eigenvalue weighted by Crippen LogP contribution is 2.33. The quantitative estimate of drug-likeness (QED) is 0.527. The van der Waals surface area contributed by atoms with Crippen LogP contribution in [-0.4, -0.2) is 34.6 Å². The summed E-state index contributed by atoms with van der Waals surface area (Å²) in [5.41, 5.74) is 3.34. The van der Waals surface area contributed by atoms with Crippen molar-refractivity contribution in [2.24, 2.45) is 0 Å². The maximum Gasteiger partial charge on any atom is 0.264 e. The van der Waals surface area contributed by atoms with Gasteiger partial charge in [0.1, 0.15) is 11.5 Å². The van der Waals surface area contributed by atoms with Gasteiger partial charge in [-0.2, -0.15) is 0 Å². The van der Waals surface area contributed by atoms with Crippen LogP contribution in [0.4, 0.5) is 5.69 Å². The molecule has 34 heavy (non-hydrogen) atoms. The van der Waals surface area contributed by atoms with Gasteiger partial charge in [-0.3, -0.25) is 9.10 Å². The largest absolute Gasteiger partial charge is 0.497 e. The van der Waals surface area contributed by atoms with Crippen LogP contribution in [0.3, 0.4) is 0 Å². The van der Waals surface area contributed by atoms with Gasteiger partial charge in [0.15, 0.2) is 6.61 Å². The fourth-order valence-corrected chi connectivity index (χ4v) is 5.62. The Labute approximate surface area is 200 Å². The Bertz CT molecular complexity index is 1290. The Morgan fingerprint density at radius 3 is 2.53 bits per heavy atom. The standard InChI is InChI=1S/C26H28N2O5S/c1-18-16-23(34(30,31)28-15-14-21-6-4-5-7-24(21)28)12-13-25(18)33-17-26(29)27-19(2)20-8-10-22(32-3)11-9-20/h4-13,16,19H,14-15,17H2,1-3H3,(H,27,29). The third-order valence-corrected chi connectivity index (χ3v) is 7.74. The highest BCUT2D eigenvalue weighted by molar-refractivity contribution is 7.92. The lowest BCUT2D eigenvalue weighted by molar-refractivity contribution is -0.123. The van der Waals surface area contributed by atoms with Gasteiger partial charge in [-0.05, 0) is 73.4 Å². The van der Waals surface area contributed by atoms with Gasteiger partial charge in [0, 0.05) is 6.54 Å². The molecule has 0 radical (unpaired) electrons. The summed E-state index contributed by atoms with van der Waals surface area (Å²) in [5.74, 6) is 0.946. The van der Waals surface area contributed by atoms with E-state index in [2.05, 4.69) is 5.32 Å². The second-order valence-electron chi connectivity index (χ2n) is 8.23. The molecule has 0 aromatic heterocycles. The van der Waals surface area contributed by atoms with E-state index in [0.29, 0.717) is 24.3 Å². The minimum atomic E-state index is -3.68. The second-order valence-corrected chi connectivity index (χ2v) is 10.1. The molecule has 0 spiro atoms. The number of methoxy groups -OCH3 is 1. The van der Waals surface area contributed by atoms with Gasteiger partial charge < -0.3 is 14.8 Å². The number of amides is 1. The Morgan fingerprint density at radius 2 is 1.82 bits per heavy atom. The minimum Gasteiger partial charge on any atom is -0.497 e. The van der Waals surface area contributed by atoms with Gasteiger partial charge in [-0.15, -0.1) is 0 Å². The topological polar surface area (TPSA) is 84.9 Å². The normalized spacial score (nSPS) is 13.8. The third kappa shape index (κ3) is 4.87. The summed E-state index contributed by atoms with van der Waals surface area (Å²) in [4.78, 5) is 12.6. The molecule has 0 bridgehead atoms. The highest BCUT2D eigenvalue weighted by atomic mass is 32.2. The van der Waals surface area contributed by atoms with E-state index < -0.39 is 10.0 Å². The predicted octanol–water partition coefficient (Wildman–Crippen LogP) is 4.01. The molecule has 1 aliphatic heterocycles. The number of hydrogen-bond donors (Lipinski definition) is 1. The lowest BCUT2D eigenvalue weighted by atomic mass is 10.1. The Kier molecular flexibility index (Phi) is 6.79. The van der Waals surface area contributed by atoms with Crippen molar-refractivity contribution in [1.29, 1.82) is 0 Å². The van der Waals surface area contributed by atoms with Gasteiger partial charge in [0.2, 0.25) is 0 Å². The predicted molar refractivity (Wildman–Crippen MR) is 131 cm³/mol. The smallest absolute Gasteiger partial charge is 0.264 e. The van der Waals surface area contributed by atoms with Gasteiger partial charge in [0.05, 0.1) is 23.7 Å². The number of para-hydroxylation sites is 1. The van der Waals surface area contributed by atoms with Gasteiger partial charge in [0.25, 0.3) is 15.9 Å².